The van der Waals surface area contributed by atoms with Crippen molar-refractivity contribution < 1.29 is 32.1 Å². The van der Waals surface area contributed by atoms with Crippen molar-refractivity contribution in [2.75, 3.05) is 12.4 Å². The number of anilines is 1. The third kappa shape index (κ3) is 4.16. The van der Waals surface area contributed by atoms with Crippen molar-refractivity contribution in [2.45, 2.75) is 26.0 Å². The van der Waals surface area contributed by atoms with Crippen LogP contribution in [0.15, 0.2) is 12.1 Å². The molecule has 1 aromatic rings. The number of alkyl halides is 4. The molecule has 0 spiro atoms. The average Bonchev–Trinajstić information content (AvgIpc) is 2.30. The van der Waals surface area contributed by atoms with Gasteiger partial charge in [0.05, 0.1) is 6.10 Å². The van der Waals surface area contributed by atoms with E-state index in [9.17, 15) is 22.7 Å². The molecule has 8 heteroatoms. The summed E-state index contributed by atoms with van der Waals surface area (Å²) in [5, 5.41) is 9.40. The Kier molecular flexibility index (Phi) is 5.22. The lowest BCUT2D eigenvalue weighted by molar-refractivity contribution is -0.0542. The fourth-order valence-corrected chi connectivity index (χ4v) is 1.40. The first-order valence-corrected chi connectivity index (χ1v) is 5.28. The molecule has 0 aliphatic heterocycles. The van der Waals surface area contributed by atoms with E-state index in [0.717, 1.165) is 12.1 Å². The van der Waals surface area contributed by atoms with Gasteiger partial charge in [0.15, 0.2) is 18.2 Å². The van der Waals surface area contributed by atoms with E-state index in [1.165, 1.54) is 6.92 Å². The number of hydrogen-bond acceptors (Lipinski definition) is 4. The summed E-state index contributed by atoms with van der Waals surface area (Å²) in [5.41, 5.74) is 5.62. The summed E-state index contributed by atoms with van der Waals surface area (Å²) in [6, 6.07) is 1.98. The maximum Gasteiger partial charge on any atom is 0.387 e. The van der Waals surface area contributed by atoms with Crippen LogP contribution in [0.5, 0.6) is 11.5 Å². The van der Waals surface area contributed by atoms with Gasteiger partial charge in [0, 0.05) is 17.3 Å². The van der Waals surface area contributed by atoms with E-state index in [4.69, 9.17) is 5.73 Å². The van der Waals surface area contributed by atoms with Crippen LogP contribution in [-0.4, -0.2) is 24.8 Å². The first-order valence-electron chi connectivity index (χ1n) is 5.28. The van der Waals surface area contributed by atoms with Gasteiger partial charge in [-0.1, -0.05) is 0 Å². The van der Waals surface area contributed by atoms with Crippen molar-refractivity contribution in [3.63, 3.8) is 0 Å². The van der Waals surface area contributed by atoms with E-state index < -0.39 is 37.2 Å². The molecule has 3 N–H and O–H groups in total. The zero-order valence-electron chi connectivity index (χ0n) is 9.95. The molecule has 0 saturated heterocycles. The summed E-state index contributed by atoms with van der Waals surface area (Å²) in [4.78, 5) is 0. The van der Waals surface area contributed by atoms with E-state index in [2.05, 4.69) is 9.47 Å². The number of hydrogen-bond donors (Lipinski definition) is 2. The molecule has 1 rings (SSSR count). The third-order valence-corrected chi connectivity index (χ3v) is 2.19. The maximum atomic E-state index is 12.8. The summed E-state index contributed by atoms with van der Waals surface area (Å²) >= 11 is 0. The second kappa shape index (κ2) is 6.46. The van der Waals surface area contributed by atoms with Crippen LogP contribution >= 0.6 is 0 Å². The van der Waals surface area contributed by atoms with Crippen LogP contribution < -0.4 is 15.2 Å². The molecule has 108 valence electrons. The van der Waals surface area contributed by atoms with Gasteiger partial charge in [-0.3, -0.25) is 0 Å². The largest absolute Gasteiger partial charge is 0.454 e. The molecule has 0 heterocycles. The smallest absolute Gasteiger partial charge is 0.387 e. The topological polar surface area (TPSA) is 64.7 Å². The SMILES string of the molecule is CC(O)c1cc(OC(F)CF)c(OC(F)F)cc1N. The number of ether oxygens (including phenoxy) is 2. The predicted octanol–water partition coefficient (Wildman–Crippen LogP) is 2.57. The Balaban J connectivity index is 3.16. The van der Waals surface area contributed by atoms with Crippen LogP contribution in [-0.2, 0) is 0 Å². The minimum Gasteiger partial charge on any atom is -0.454 e. The number of halogens is 4. The van der Waals surface area contributed by atoms with Crippen molar-refractivity contribution in [1.82, 2.24) is 0 Å². The van der Waals surface area contributed by atoms with Gasteiger partial charge >= 0.3 is 6.61 Å². The molecule has 0 radical (unpaired) electrons. The van der Waals surface area contributed by atoms with E-state index in [0.29, 0.717) is 0 Å². The van der Waals surface area contributed by atoms with Crippen LogP contribution in [0, 0.1) is 0 Å². The molecule has 0 bridgehead atoms. The number of aliphatic hydroxyl groups is 1. The third-order valence-electron chi connectivity index (χ3n) is 2.19. The van der Waals surface area contributed by atoms with Gasteiger partial charge in [-0.25, -0.2) is 4.39 Å². The van der Waals surface area contributed by atoms with Crippen LogP contribution in [0.2, 0.25) is 0 Å². The fourth-order valence-electron chi connectivity index (χ4n) is 1.40. The second-order valence-corrected chi connectivity index (χ2v) is 3.66. The Labute approximate surface area is 106 Å². The van der Waals surface area contributed by atoms with Crippen molar-refractivity contribution in [3.05, 3.63) is 17.7 Å². The monoisotopic (exact) mass is 283 g/mol. The minimum absolute atomic E-state index is 0.0337. The summed E-state index contributed by atoms with van der Waals surface area (Å²) in [6.45, 7) is -3.27. The number of nitrogens with two attached hydrogens (primary N) is 1. The lowest BCUT2D eigenvalue weighted by atomic mass is 10.1. The summed E-state index contributed by atoms with van der Waals surface area (Å²) in [6.07, 6.45) is -3.36. The molecule has 2 atom stereocenters. The van der Waals surface area contributed by atoms with Gasteiger partial charge in [-0.15, -0.1) is 0 Å². The normalized spacial score (nSPS) is 14.3. The van der Waals surface area contributed by atoms with Crippen molar-refractivity contribution in [3.8, 4) is 11.5 Å². The van der Waals surface area contributed by atoms with Crippen LogP contribution in [0.1, 0.15) is 18.6 Å². The second-order valence-electron chi connectivity index (χ2n) is 3.66. The lowest BCUT2D eigenvalue weighted by Gasteiger charge is -2.17. The molecule has 0 aliphatic carbocycles. The molecule has 19 heavy (non-hydrogen) atoms. The summed E-state index contributed by atoms with van der Waals surface area (Å²) in [7, 11) is 0. The molecule has 1 aromatic carbocycles. The predicted molar refractivity (Wildman–Crippen MR) is 59.6 cm³/mol. The van der Waals surface area contributed by atoms with Gasteiger partial charge in [0.1, 0.15) is 0 Å². The highest BCUT2D eigenvalue weighted by molar-refractivity contribution is 5.58. The summed E-state index contributed by atoms with van der Waals surface area (Å²) in [5.74, 6) is -0.997. The summed E-state index contributed by atoms with van der Waals surface area (Å²) < 4.78 is 57.8. The highest BCUT2D eigenvalue weighted by Crippen LogP contribution is 2.36. The Morgan fingerprint density at radius 1 is 1.21 bits per heavy atom. The fraction of sp³-hybridized carbons (Fsp3) is 0.455. The Morgan fingerprint density at radius 2 is 1.79 bits per heavy atom. The number of benzene rings is 1. The standard InChI is InChI=1S/C11H13F4NO3/c1-5(17)6-2-8(18-10(13)4-12)9(3-7(6)16)19-11(14)15/h2-3,5,10-11,17H,4,16H2,1H3. The minimum atomic E-state index is -3.18. The maximum absolute atomic E-state index is 12.8. The van der Waals surface area contributed by atoms with Crippen molar-refractivity contribution in [2.24, 2.45) is 0 Å². The molecule has 0 amide bonds. The number of aliphatic hydroxyl groups excluding tert-OH is 1. The van der Waals surface area contributed by atoms with Gasteiger partial charge in [0.2, 0.25) is 0 Å². The van der Waals surface area contributed by atoms with E-state index >= 15 is 0 Å². The zero-order chi connectivity index (χ0) is 14.6. The van der Waals surface area contributed by atoms with Crippen LogP contribution in [0.25, 0.3) is 0 Å². The zero-order valence-corrected chi connectivity index (χ0v) is 9.95. The lowest BCUT2D eigenvalue weighted by Crippen LogP contribution is -2.14. The Hall–Kier alpha value is -1.70. The molecule has 0 saturated carbocycles. The van der Waals surface area contributed by atoms with Crippen LogP contribution in [0.4, 0.5) is 23.2 Å². The van der Waals surface area contributed by atoms with Gasteiger partial charge < -0.3 is 20.3 Å². The molecular formula is C11H13F4NO3. The molecule has 4 nitrogen and oxygen atoms in total. The molecule has 0 aromatic heterocycles. The molecule has 0 fully saturated rings. The van der Waals surface area contributed by atoms with Crippen LogP contribution in [0.3, 0.4) is 0 Å². The van der Waals surface area contributed by atoms with Gasteiger partial charge in [-0.2, -0.15) is 13.2 Å². The average molecular weight is 283 g/mol. The molecular weight excluding hydrogens is 270 g/mol. The number of rotatable bonds is 6. The van der Waals surface area contributed by atoms with E-state index in [-0.39, 0.29) is 11.3 Å². The van der Waals surface area contributed by atoms with Gasteiger partial charge in [0.25, 0.3) is 6.36 Å². The first kappa shape index (κ1) is 15.4. The highest BCUT2D eigenvalue weighted by Gasteiger charge is 2.19. The van der Waals surface area contributed by atoms with Gasteiger partial charge in [-0.05, 0) is 13.0 Å². The molecule has 0 aliphatic rings. The van der Waals surface area contributed by atoms with E-state index in [1.54, 1.807) is 0 Å². The van der Waals surface area contributed by atoms with Crippen molar-refractivity contribution in [1.29, 1.82) is 0 Å². The van der Waals surface area contributed by atoms with E-state index in [1.807, 2.05) is 0 Å². The first-order chi connectivity index (χ1) is 8.85. The molecule has 2 unspecified atom stereocenters. The highest BCUT2D eigenvalue weighted by atomic mass is 19.3. The Morgan fingerprint density at radius 3 is 2.26 bits per heavy atom. The number of nitrogen functional groups attached to an aromatic ring is 1. The van der Waals surface area contributed by atoms with Crippen molar-refractivity contribution >= 4 is 5.69 Å². The quantitative estimate of drug-likeness (QED) is 0.622. The Bertz CT molecular complexity index is 429.